The highest BCUT2D eigenvalue weighted by Gasteiger charge is 2.31. The fourth-order valence-corrected chi connectivity index (χ4v) is 5.37. The van der Waals surface area contributed by atoms with E-state index >= 15 is 0 Å². The average molecular weight is 466 g/mol. The molecule has 0 unspecified atom stereocenters. The van der Waals surface area contributed by atoms with Gasteiger partial charge >= 0.3 is 0 Å². The van der Waals surface area contributed by atoms with Crippen LogP contribution in [0.5, 0.6) is 0 Å². The largest absolute Gasteiger partial charge is 0.362 e. The van der Waals surface area contributed by atoms with Crippen LogP contribution >= 0.6 is 0 Å². The maximum absolute atomic E-state index is 12.8. The Balaban J connectivity index is 1.82. The molecule has 1 saturated heterocycles. The van der Waals surface area contributed by atoms with E-state index in [-0.39, 0.29) is 29.6 Å². The number of rotatable bonds is 7. The van der Waals surface area contributed by atoms with Crippen LogP contribution in [-0.4, -0.2) is 72.9 Å². The van der Waals surface area contributed by atoms with E-state index in [1.54, 1.807) is 37.5 Å². The molecule has 1 aliphatic rings. The molecule has 1 aromatic carbocycles. The van der Waals surface area contributed by atoms with Crippen LogP contribution in [0.2, 0.25) is 0 Å². The number of aryl methyl sites for hydroxylation is 2. The quantitative estimate of drug-likeness (QED) is 0.449. The number of piperazine rings is 1. The average Bonchev–Trinajstić information content (AvgIpc) is 3.11. The van der Waals surface area contributed by atoms with E-state index in [1.165, 1.54) is 16.4 Å². The van der Waals surface area contributed by atoms with Crippen LogP contribution in [0, 0.1) is 24.0 Å². The van der Waals surface area contributed by atoms with Gasteiger partial charge in [0.15, 0.2) is 0 Å². The highest BCUT2D eigenvalue weighted by Crippen LogP contribution is 2.32. The number of amides is 1. The highest BCUT2D eigenvalue weighted by atomic mass is 32.2. The van der Waals surface area contributed by atoms with Crippen molar-refractivity contribution >= 4 is 27.3 Å². The Morgan fingerprint density at radius 1 is 1.19 bits per heavy atom. The summed E-state index contributed by atoms with van der Waals surface area (Å²) in [5, 5.41) is 15.6. The van der Waals surface area contributed by atoms with Crippen LogP contribution < -0.4 is 4.90 Å². The van der Waals surface area contributed by atoms with Crippen molar-refractivity contribution in [2.45, 2.75) is 32.6 Å². The van der Waals surface area contributed by atoms with E-state index < -0.39 is 14.9 Å². The summed E-state index contributed by atoms with van der Waals surface area (Å²) < 4.78 is 31.9. The maximum Gasteiger partial charge on any atom is 0.293 e. The van der Waals surface area contributed by atoms with Gasteiger partial charge in [-0.25, -0.2) is 8.42 Å². The SMILES string of the molecule is CCN(CC)S(=O)(=O)c1ccc(N2CCN(C(=O)c3c(C)noc3C)CC2)c([N+](=O)[O-])c1. The molecule has 0 atom stereocenters. The minimum atomic E-state index is -3.82. The van der Waals surface area contributed by atoms with Crippen LogP contribution in [0.3, 0.4) is 0 Å². The van der Waals surface area contributed by atoms with Crippen molar-refractivity contribution in [2.24, 2.45) is 0 Å². The minimum absolute atomic E-state index is 0.108. The monoisotopic (exact) mass is 465 g/mol. The Bertz CT molecular complexity index is 1100. The lowest BCUT2D eigenvalue weighted by Crippen LogP contribution is -2.49. The number of anilines is 1. The summed E-state index contributed by atoms with van der Waals surface area (Å²) in [4.78, 5) is 27.3. The first-order chi connectivity index (χ1) is 15.1. The third-order valence-corrected chi connectivity index (χ3v) is 7.69. The number of hydrogen-bond acceptors (Lipinski definition) is 8. The molecular weight excluding hydrogens is 438 g/mol. The summed E-state index contributed by atoms with van der Waals surface area (Å²) in [5.41, 5.74) is 1.02. The molecule has 3 rings (SSSR count). The van der Waals surface area contributed by atoms with Crippen LogP contribution in [0.1, 0.15) is 35.7 Å². The van der Waals surface area contributed by atoms with Crippen molar-refractivity contribution in [2.75, 3.05) is 44.2 Å². The van der Waals surface area contributed by atoms with E-state index in [4.69, 9.17) is 4.52 Å². The molecule has 0 bridgehead atoms. The molecular formula is C20H27N5O6S. The standard InChI is InChI=1S/C20H27N5O6S/c1-5-24(6-2)32(29,30)16-7-8-17(18(13-16)25(27)28)22-9-11-23(12-10-22)20(26)19-14(3)21-31-15(19)4/h7-8,13H,5-6,9-12H2,1-4H3. The van der Waals surface area contributed by atoms with Gasteiger partial charge in [-0.3, -0.25) is 14.9 Å². The summed E-state index contributed by atoms with van der Waals surface area (Å²) in [5.74, 6) is 0.270. The molecule has 1 amide bonds. The van der Waals surface area contributed by atoms with E-state index in [9.17, 15) is 23.3 Å². The molecule has 0 N–H and O–H groups in total. The summed E-state index contributed by atoms with van der Waals surface area (Å²) in [6, 6.07) is 3.99. The smallest absolute Gasteiger partial charge is 0.293 e. The lowest BCUT2D eigenvalue weighted by Gasteiger charge is -2.35. The fraction of sp³-hybridized carbons (Fsp3) is 0.500. The Morgan fingerprint density at radius 2 is 1.81 bits per heavy atom. The van der Waals surface area contributed by atoms with Crippen molar-refractivity contribution in [3.8, 4) is 0 Å². The molecule has 1 aliphatic heterocycles. The maximum atomic E-state index is 12.8. The molecule has 0 spiro atoms. The zero-order chi connectivity index (χ0) is 23.6. The first-order valence-corrected chi connectivity index (χ1v) is 11.8. The van der Waals surface area contributed by atoms with Gasteiger partial charge in [-0.05, 0) is 26.0 Å². The second-order valence-corrected chi connectivity index (χ2v) is 9.41. The van der Waals surface area contributed by atoms with Crippen LogP contribution in [0.15, 0.2) is 27.6 Å². The van der Waals surface area contributed by atoms with Crippen molar-refractivity contribution < 1.29 is 22.7 Å². The van der Waals surface area contributed by atoms with Gasteiger partial charge in [0.2, 0.25) is 10.0 Å². The van der Waals surface area contributed by atoms with E-state index in [0.717, 1.165) is 6.07 Å². The zero-order valence-corrected chi connectivity index (χ0v) is 19.4. The topological polar surface area (TPSA) is 130 Å². The summed E-state index contributed by atoms with van der Waals surface area (Å²) in [6.45, 7) is 8.83. The summed E-state index contributed by atoms with van der Waals surface area (Å²) in [6.07, 6.45) is 0. The number of benzene rings is 1. The predicted octanol–water partition coefficient (Wildman–Crippen LogP) is 2.19. The lowest BCUT2D eigenvalue weighted by atomic mass is 10.1. The number of hydrogen-bond donors (Lipinski definition) is 0. The van der Waals surface area contributed by atoms with Gasteiger partial charge in [0.1, 0.15) is 17.0 Å². The highest BCUT2D eigenvalue weighted by molar-refractivity contribution is 7.89. The molecule has 1 aromatic heterocycles. The lowest BCUT2D eigenvalue weighted by molar-refractivity contribution is -0.384. The molecule has 11 nitrogen and oxygen atoms in total. The first-order valence-electron chi connectivity index (χ1n) is 10.4. The van der Waals surface area contributed by atoms with E-state index in [0.29, 0.717) is 48.9 Å². The van der Waals surface area contributed by atoms with Gasteiger partial charge in [-0.15, -0.1) is 0 Å². The Hall–Kier alpha value is -2.99. The van der Waals surface area contributed by atoms with Gasteiger partial charge in [0.05, 0.1) is 15.5 Å². The van der Waals surface area contributed by atoms with Gasteiger partial charge in [-0.1, -0.05) is 19.0 Å². The minimum Gasteiger partial charge on any atom is -0.362 e. The number of nitrogens with zero attached hydrogens (tertiary/aromatic N) is 5. The molecule has 0 aliphatic carbocycles. The van der Waals surface area contributed by atoms with Gasteiger partial charge in [-0.2, -0.15) is 4.31 Å². The normalized spacial score (nSPS) is 14.8. The summed E-state index contributed by atoms with van der Waals surface area (Å²) in [7, 11) is -3.82. The molecule has 0 radical (unpaired) electrons. The van der Waals surface area contributed by atoms with E-state index in [2.05, 4.69) is 5.16 Å². The van der Waals surface area contributed by atoms with Crippen molar-refractivity contribution in [1.29, 1.82) is 0 Å². The number of carbonyl (C=O) groups is 1. The molecule has 32 heavy (non-hydrogen) atoms. The van der Waals surface area contributed by atoms with Crippen molar-refractivity contribution in [1.82, 2.24) is 14.4 Å². The molecule has 174 valence electrons. The van der Waals surface area contributed by atoms with E-state index in [1.807, 2.05) is 0 Å². The molecule has 0 saturated carbocycles. The van der Waals surface area contributed by atoms with Crippen molar-refractivity contribution in [3.63, 3.8) is 0 Å². The molecule has 2 aromatic rings. The van der Waals surface area contributed by atoms with Gasteiger partial charge in [0.25, 0.3) is 11.6 Å². The molecule has 1 fully saturated rings. The van der Waals surface area contributed by atoms with Gasteiger partial charge < -0.3 is 14.3 Å². The number of aromatic nitrogens is 1. The second kappa shape index (κ2) is 9.25. The molecule has 12 heteroatoms. The van der Waals surface area contributed by atoms with Crippen LogP contribution in [-0.2, 0) is 10.0 Å². The Labute approximate surface area is 186 Å². The number of sulfonamides is 1. The predicted molar refractivity (Wildman–Crippen MR) is 117 cm³/mol. The first kappa shape index (κ1) is 23.7. The van der Waals surface area contributed by atoms with Crippen LogP contribution in [0.4, 0.5) is 11.4 Å². The number of nitro groups is 1. The zero-order valence-electron chi connectivity index (χ0n) is 18.6. The number of carbonyl (C=O) groups excluding carboxylic acids is 1. The molecule has 2 heterocycles. The van der Waals surface area contributed by atoms with Crippen molar-refractivity contribution in [3.05, 3.63) is 45.3 Å². The fourth-order valence-electron chi connectivity index (χ4n) is 3.89. The third kappa shape index (κ3) is 4.32. The van der Waals surface area contributed by atoms with Gasteiger partial charge in [0, 0.05) is 45.3 Å². The van der Waals surface area contributed by atoms with Crippen LogP contribution in [0.25, 0.3) is 0 Å². The Morgan fingerprint density at radius 3 is 2.31 bits per heavy atom. The second-order valence-electron chi connectivity index (χ2n) is 7.48. The number of nitro benzene ring substituents is 1. The Kier molecular flexibility index (Phi) is 6.84. The summed E-state index contributed by atoms with van der Waals surface area (Å²) >= 11 is 0. The third-order valence-electron chi connectivity index (χ3n) is 5.64.